The summed E-state index contributed by atoms with van der Waals surface area (Å²) in [5, 5.41) is 0. The van der Waals surface area contributed by atoms with Crippen LogP contribution in [0.15, 0.2) is 0 Å². The lowest BCUT2D eigenvalue weighted by Crippen LogP contribution is -2.39. The van der Waals surface area contributed by atoms with Gasteiger partial charge in [0.15, 0.2) is 0 Å². The lowest BCUT2D eigenvalue weighted by atomic mass is 9.93. The number of likely N-dealkylation sites (N-methyl/N-ethyl adjacent to an activating group) is 2. The van der Waals surface area contributed by atoms with Crippen molar-refractivity contribution < 1.29 is 4.79 Å². The summed E-state index contributed by atoms with van der Waals surface area (Å²) in [6.45, 7) is 2.13. The van der Waals surface area contributed by atoms with E-state index in [1.807, 2.05) is 0 Å². The zero-order chi connectivity index (χ0) is 10.6. The van der Waals surface area contributed by atoms with Gasteiger partial charge in [-0.25, -0.2) is 0 Å². The molecule has 0 spiro atoms. The van der Waals surface area contributed by atoms with Crippen LogP contribution in [-0.2, 0) is 4.79 Å². The molecule has 0 aliphatic heterocycles. The quantitative estimate of drug-likeness (QED) is 0.673. The zero-order valence-electron chi connectivity index (χ0n) is 9.62. The van der Waals surface area contributed by atoms with Crippen molar-refractivity contribution in [3.8, 4) is 0 Å². The standard InChI is InChI=1S/C11H22N2O/c1-12(2)7-8-13(3)10-5-4-6-11(14)9-10/h10H,4-9H2,1-3H3. The van der Waals surface area contributed by atoms with Gasteiger partial charge >= 0.3 is 0 Å². The molecule has 1 unspecified atom stereocenters. The van der Waals surface area contributed by atoms with E-state index in [0.29, 0.717) is 11.8 Å². The fourth-order valence-corrected chi connectivity index (χ4v) is 1.92. The highest BCUT2D eigenvalue weighted by atomic mass is 16.1. The zero-order valence-corrected chi connectivity index (χ0v) is 9.62. The summed E-state index contributed by atoms with van der Waals surface area (Å²) in [6.07, 6.45) is 3.84. The molecular formula is C11H22N2O. The van der Waals surface area contributed by atoms with Crippen molar-refractivity contribution in [1.82, 2.24) is 9.80 Å². The lowest BCUT2D eigenvalue weighted by molar-refractivity contribution is -0.121. The van der Waals surface area contributed by atoms with Crippen molar-refractivity contribution in [2.45, 2.75) is 31.7 Å². The Bertz CT molecular complexity index is 192. The summed E-state index contributed by atoms with van der Waals surface area (Å²) in [6, 6.07) is 0.496. The molecule has 14 heavy (non-hydrogen) atoms. The maximum Gasteiger partial charge on any atom is 0.134 e. The molecule has 0 N–H and O–H groups in total. The highest BCUT2D eigenvalue weighted by Gasteiger charge is 2.22. The van der Waals surface area contributed by atoms with Gasteiger partial charge in [0.05, 0.1) is 0 Å². The van der Waals surface area contributed by atoms with Crippen molar-refractivity contribution in [3.63, 3.8) is 0 Å². The van der Waals surface area contributed by atoms with Gasteiger partial charge in [0.2, 0.25) is 0 Å². The molecule has 0 heterocycles. The van der Waals surface area contributed by atoms with Gasteiger partial charge in [0, 0.05) is 32.0 Å². The topological polar surface area (TPSA) is 23.6 Å². The minimum absolute atomic E-state index is 0.443. The molecule has 82 valence electrons. The molecule has 0 aromatic rings. The van der Waals surface area contributed by atoms with E-state index < -0.39 is 0 Å². The van der Waals surface area contributed by atoms with E-state index >= 15 is 0 Å². The monoisotopic (exact) mass is 198 g/mol. The SMILES string of the molecule is CN(C)CCN(C)C1CCCC(=O)C1. The van der Waals surface area contributed by atoms with E-state index in [9.17, 15) is 4.79 Å². The Kier molecular flexibility index (Phi) is 4.55. The highest BCUT2D eigenvalue weighted by molar-refractivity contribution is 5.79. The van der Waals surface area contributed by atoms with Gasteiger partial charge in [-0.15, -0.1) is 0 Å². The summed E-state index contributed by atoms with van der Waals surface area (Å²) >= 11 is 0. The number of nitrogens with zero attached hydrogens (tertiary/aromatic N) is 2. The first-order valence-electron chi connectivity index (χ1n) is 5.46. The largest absolute Gasteiger partial charge is 0.308 e. The molecule has 1 rings (SSSR count). The molecule has 0 aromatic heterocycles. The molecule has 3 heteroatoms. The van der Waals surface area contributed by atoms with Crippen LogP contribution in [0.3, 0.4) is 0 Å². The minimum atomic E-state index is 0.443. The van der Waals surface area contributed by atoms with Gasteiger partial charge in [0.25, 0.3) is 0 Å². The number of Topliss-reactive ketones (excluding diaryl/α,β-unsaturated/α-hetero) is 1. The van der Waals surface area contributed by atoms with E-state index in [2.05, 4.69) is 30.9 Å². The molecule has 1 saturated carbocycles. The third-order valence-electron chi connectivity index (χ3n) is 2.98. The van der Waals surface area contributed by atoms with Crippen LogP contribution in [0.1, 0.15) is 25.7 Å². The summed E-state index contributed by atoms with van der Waals surface area (Å²) in [4.78, 5) is 15.8. The Morgan fingerprint density at radius 2 is 2.00 bits per heavy atom. The predicted molar refractivity (Wildman–Crippen MR) is 58.4 cm³/mol. The second-order valence-electron chi connectivity index (χ2n) is 4.57. The first kappa shape index (κ1) is 11.7. The maximum absolute atomic E-state index is 11.3. The van der Waals surface area contributed by atoms with E-state index in [1.54, 1.807) is 0 Å². The molecular weight excluding hydrogens is 176 g/mol. The van der Waals surface area contributed by atoms with Crippen LogP contribution >= 0.6 is 0 Å². The first-order chi connectivity index (χ1) is 6.59. The second-order valence-corrected chi connectivity index (χ2v) is 4.57. The van der Waals surface area contributed by atoms with Crippen LogP contribution in [0, 0.1) is 0 Å². The molecule has 0 bridgehead atoms. The van der Waals surface area contributed by atoms with E-state index in [-0.39, 0.29) is 0 Å². The van der Waals surface area contributed by atoms with E-state index in [1.165, 1.54) is 6.42 Å². The fraction of sp³-hybridized carbons (Fsp3) is 0.909. The van der Waals surface area contributed by atoms with Gasteiger partial charge in [-0.2, -0.15) is 0 Å². The van der Waals surface area contributed by atoms with Crippen molar-refractivity contribution in [2.24, 2.45) is 0 Å². The number of carbonyl (C=O) groups is 1. The van der Waals surface area contributed by atoms with Crippen LogP contribution in [0.5, 0.6) is 0 Å². The van der Waals surface area contributed by atoms with Crippen molar-refractivity contribution in [2.75, 3.05) is 34.2 Å². The van der Waals surface area contributed by atoms with Gasteiger partial charge in [-0.05, 0) is 34.0 Å². The lowest BCUT2D eigenvalue weighted by Gasteiger charge is -2.31. The smallest absolute Gasteiger partial charge is 0.134 e. The van der Waals surface area contributed by atoms with Crippen LogP contribution in [0.4, 0.5) is 0 Å². The summed E-state index contributed by atoms with van der Waals surface area (Å²) in [5.41, 5.74) is 0. The third-order valence-corrected chi connectivity index (χ3v) is 2.98. The Balaban J connectivity index is 2.28. The summed E-state index contributed by atoms with van der Waals surface area (Å²) < 4.78 is 0. The first-order valence-corrected chi connectivity index (χ1v) is 5.46. The number of hydrogen-bond acceptors (Lipinski definition) is 3. The third kappa shape index (κ3) is 3.76. The highest BCUT2D eigenvalue weighted by Crippen LogP contribution is 2.18. The molecule has 1 atom stereocenters. The Labute approximate surface area is 87.1 Å². The average molecular weight is 198 g/mol. The Morgan fingerprint density at radius 1 is 1.29 bits per heavy atom. The number of ketones is 1. The molecule has 3 nitrogen and oxygen atoms in total. The summed E-state index contributed by atoms with van der Waals surface area (Å²) in [7, 11) is 6.30. The minimum Gasteiger partial charge on any atom is -0.308 e. The maximum atomic E-state index is 11.3. The van der Waals surface area contributed by atoms with Gasteiger partial charge in [-0.1, -0.05) is 0 Å². The van der Waals surface area contributed by atoms with Crippen LogP contribution < -0.4 is 0 Å². The van der Waals surface area contributed by atoms with Crippen molar-refractivity contribution >= 4 is 5.78 Å². The van der Waals surface area contributed by atoms with Crippen LogP contribution in [0.25, 0.3) is 0 Å². The predicted octanol–water partition coefficient (Wildman–Crippen LogP) is 0.991. The molecule has 1 fully saturated rings. The van der Waals surface area contributed by atoms with Crippen LogP contribution in [0.2, 0.25) is 0 Å². The molecule has 1 aliphatic carbocycles. The molecule has 1 aliphatic rings. The van der Waals surface area contributed by atoms with Gasteiger partial charge in [-0.3, -0.25) is 4.79 Å². The van der Waals surface area contributed by atoms with Gasteiger partial charge in [0.1, 0.15) is 5.78 Å². The van der Waals surface area contributed by atoms with Gasteiger partial charge < -0.3 is 9.80 Å². The fourth-order valence-electron chi connectivity index (χ4n) is 1.92. The Morgan fingerprint density at radius 3 is 2.57 bits per heavy atom. The molecule has 0 aromatic carbocycles. The molecule has 0 saturated heterocycles. The van der Waals surface area contributed by atoms with Crippen LogP contribution in [-0.4, -0.2) is 55.9 Å². The number of carbonyl (C=O) groups excluding carboxylic acids is 1. The Hall–Kier alpha value is -0.410. The van der Waals surface area contributed by atoms with Crippen molar-refractivity contribution in [1.29, 1.82) is 0 Å². The normalized spacial score (nSPS) is 23.5. The summed E-state index contributed by atoms with van der Waals surface area (Å²) in [5.74, 6) is 0.443. The molecule has 0 amide bonds. The second kappa shape index (κ2) is 5.47. The average Bonchev–Trinajstić information content (AvgIpc) is 2.14. The van der Waals surface area contributed by atoms with Crippen molar-refractivity contribution in [3.05, 3.63) is 0 Å². The van der Waals surface area contributed by atoms with E-state index in [4.69, 9.17) is 0 Å². The number of rotatable bonds is 4. The number of hydrogen-bond donors (Lipinski definition) is 0. The molecule has 0 radical (unpaired) electrons. The van der Waals surface area contributed by atoms with E-state index in [0.717, 1.165) is 32.4 Å².